The van der Waals surface area contributed by atoms with Gasteiger partial charge in [-0.25, -0.2) is 0 Å². The van der Waals surface area contributed by atoms with E-state index in [1.807, 2.05) is 6.26 Å². The van der Waals surface area contributed by atoms with E-state index in [0.717, 1.165) is 5.75 Å². The van der Waals surface area contributed by atoms with E-state index in [4.69, 9.17) is 14.2 Å². The number of rotatable bonds is 8. The van der Waals surface area contributed by atoms with Crippen LogP contribution in [0.15, 0.2) is 42.5 Å². The molecular formula is C20H22N2O5S. The molecule has 1 atom stereocenters. The van der Waals surface area contributed by atoms with E-state index >= 15 is 0 Å². The first kappa shape index (κ1) is 19.9. The van der Waals surface area contributed by atoms with Crippen molar-refractivity contribution in [2.24, 2.45) is 0 Å². The molecule has 2 amide bonds. The zero-order valence-electron chi connectivity index (χ0n) is 15.7. The smallest absolute Gasteiger partial charge is 0.255 e. The van der Waals surface area contributed by atoms with Gasteiger partial charge in [0.1, 0.15) is 11.8 Å². The molecule has 0 saturated carbocycles. The molecule has 0 aliphatic carbocycles. The monoisotopic (exact) mass is 402 g/mol. The van der Waals surface area contributed by atoms with Gasteiger partial charge in [-0.1, -0.05) is 12.1 Å². The van der Waals surface area contributed by atoms with Gasteiger partial charge in [-0.05, 0) is 42.7 Å². The van der Waals surface area contributed by atoms with Crippen molar-refractivity contribution in [3.8, 4) is 17.2 Å². The average Bonchev–Trinajstić information content (AvgIpc) is 3.18. The molecule has 0 fully saturated rings. The third kappa shape index (κ3) is 4.69. The number of hydrogen-bond donors (Lipinski definition) is 2. The van der Waals surface area contributed by atoms with Gasteiger partial charge in [0.25, 0.3) is 5.91 Å². The van der Waals surface area contributed by atoms with E-state index in [1.54, 1.807) is 54.2 Å². The number of carbonyl (C=O) groups excluding carboxylic acids is 2. The van der Waals surface area contributed by atoms with Crippen molar-refractivity contribution in [3.63, 3.8) is 0 Å². The number of fused-ring (bicyclic) bond motifs is 1. The lowest BCUT2D eigenvalue weighted by Gasteiger charge is -2.19. The summed E-state index contributed by atoms with van der Waals surface area (Å²) in [5, 5.41) is 5.65. The first-order valence-electron chi connectivity index (χ1n) is 8.75. The van der Waals surface area contributed by atoms with E-state index in [9.17, 15) is 9.59 Å². The van der Waals surface area contributed by atoms with Crippen molar-refractivity contribution >= 4 is 29.3 Å². The zero-order valence-corrected chi connectivity index (χ0v) is 16.5. The normalized spacial score (nSPS) is 12.9. The van der Waals surface area contributed by atoms with Crippen molar-refractivity contribution < 1.29 is 23.8 Å². The second kappa shape index (κ2) is 9.36. The Hall–Kier alpha value is -2.87. The van der Waals surface area contributed by atoms with Crippen LogP contribution < -0.4 is 24.8 Å². The fraction of sp³-hybridized carbons (Fsp3) is 0.300. The third-order valence-electron chi connectivity index (χ3n) is 4.22. The van der Waals surface area contributed by atoms with Crippen molar-refractivity contribution in [1.82, 2.24) is 5.32 Å². The molecule has 0 spiro atoms. The predicted molar refractivity (Wildman–Crippen MR) is 108 cm³/mol. The fourth-order valence-corrected chi connectivity index (χ4v) is 3.25. The Balaban J connectivity index is 1.71. The summed E-state index contributed by atoms with van der Waals surface area (Å²) >= 11 is 1.61. The van der Waals surface area contributed by atoms with Gasteiger partial charge in [0, 0.05) is 11.8 Å². The quantitative estimate of drug-likeness (QED) is 0.706. The van der Waals surface area contributed by atoms with Crippen LogP contribution in [0.3, 0.4) is 0 Å². The highest BCUT2D eigenvalue weighted by Crippen LogP contribution is 2.34. The van der Waals surface area contributed by atoms with Gasteiger partial charge in [0.2, 0.25) is 12.7 Å². The number of amides is 2. The fourth-order valence-electron chi connectivity index (χ4n) is 2.78. The largest absolute Gasteiger partial charge is 0.496 e. The summed E-state index contributed by atoms with van der Waals surface area (Å²) in [5.41, 5.74) is 0.963. The molecule has 3 rings (SSSR count). The van der Waals surface area contributed by atoms with Crippen LogP contribution in [-0.4, -0.2) is 43.8 Å². The van der Waals surface area contributed by atoms with Crippen LogP contribution in [0.4, 0.5) is 5.69 Å². The molecule has 0 saturated heterocycles. The number of carbonyl (C=O) groups is 2. The molecule has 7 nitrogen and oxygen atoms in total. The number of hydrogen-bond acceptors (Lipinski definition) is 6. The lowest BCUT2D eigenvalue weighted by atomic mass is 10.1. The van der Waals surface area contributed by atoms with Crippen molar-refractivity contribution in [3.05, 3.63) is 48.0 Å². The molecule has 0 radical (unpaired) electrons. The lowest BCUT2D eigenvalue weighted by Crippen LogP contribution is -2.44. The second-order valence-corrected chi connectivity index (χ2v) is 7.05. The van der Waals surface area contributed by atoms with Gasteiger partial charge in [-0.15, -0.1) is 0 Å². The standard InChI is InChI=1S/C20H22N2O5S/c1-25-16-6-4-3-5-14(16)19(23)22-15(9-10-28-2)20(24)21-13-7-8-17-18(11-13)27-12-26-17/h3-8,11,15H,9-10,12H2,1-2H3,(H,21,24)(H,22,23). The maximum absolute atomic E-state index is 12.8. The van der Waals surface area contributed by atoms with Gasteiger partial charge in [-0.3, -0.25) is 9.59 Å². The minimum absolute atomic E-state index is 0.165. The average molecular weight is 402 g/mol. The second-order valence-electron chi connectivity index (χ2n) is 6.07. The summed E-state index contributed by atoms with van der Waals surface area (Å²) < 4.78 is 15.8. The van der Waals surface area contributed by atoms with E-state index < -0.39 is 6.04 Å². The lowest BCUT2D eigenvalue weighted by molar-refractivity contribution is -0.118. The molecular weight excluding hydrogens is 380 g/mol. The number of thioether (sulfide) groups is 1. The van der Waals surface area contributed by atoms with Gasteiger partial charge in [-0.2, -0.15) is 11.8 Å². The van der Waals surface area contributed by atoms with Crippen molar-refractivity contribution in [2.45, 2.75) is 12.5 Å². The van der Waals surface area contributed by atoms with Crippen LogP contribution in [0.2, 0.25) is 0 Å². The summed E-state index contributed by atoms with van der Waals surface area (Å²) in [6.45, 7) is 0.165. The van der Waals surface area contributed by atoms with Crippen LogP contribution in [0.1, 0.15) is 16.8 Å². The predicted octanol–water partition coefficient (Wildman–Crippen LogP) is 2.91. The number of ether oxygens (including phenoxy) is 3. The molecule has 2 N–H and O–H groups in total. The zero-order chi connectivity index (χ0) is 19.9. The molecule has 0 bridgehead atoms. The van der Waals surface area contributed by atoms with Gasteiger partial charge < -0.3 is 24.8 Å². The minimum atomic E-state index is -0.685. The molecule has 1 unspecified atom stereocenters. The van der Waals surface area contributed by atoms with Crippen LogP contribution in [0.5, 0.6) is 17.2 Å². The van der Waals surface area contributed by atoms with Gasteiger partial charge >= 0.3 is 0 Å². The molecule has 2 aromatic carbocycles. The summed E-state index contributed by atoms with van der Waals surface area (Å²) in [4.78, 5) is 25.5. The highest BCUT2D eigenvalue weighted by molar-refractivity contribution is 7.98. The van der Waals surface area contributed by atoms with E-state index in [1.165, 1.54) is 7.11 Å². The highest BCUT2D eigenvalue weighted by Gasteiger charge is 2.23. The SMILES string of the molecule is COc1ccccc1C(=O)NC(CCSC)C(=O)Nc1ccc2c(c1)OCO2. The number of methoxy groups -OCH3 is 1. The Bertz CT molecular complexity index is 858. The Labute approximate surface area is 167 Å². The highest BCUT2D eigenvalue weighted by atomic mass is 32.2. The number of benzene rings is 2. The third-order valence-corrected chi connectivity index (χ3v) is 4.87. The summed E-state index contributed by atoms with van der Waals surface area (Å²) in [6.07, 6.45) is 2.45. The van der Waals surface area contributed by atoms with Crippen molar-refractivity contribution in [2.75, 3.05) is 31.2 Å². The number of para-hydroxylation sites is 1. The maximum atomic E-state index is 12.8. The summed E-state index contributed by atoms with van der Waals surface area (Å²) in [7, 11) is 1.50. The van der Waals surface area contributed by atoms with Crippen molar-refractivity contribution in [1.29, 1.82) is 0 Å². The van der Waals surface area contributed by atoms with Gasteiger partial charge in [0.05, 0.1) is 12.7 Å². The molecule has 8 heteroatoms. The first-order valence-corrected chi connectivity index (χ1v) is 10.1. The summed E-state index contributed by atoms with van der Waals surface area (Å²) in [6, 6.07) is 11.4. The molecule has 148 valence electrons. The minimum Gasteiger partial charge on any atom is -0.496 e. The molecule has 1 heterocycles. The Morgan fingerprint density at radius 2 is 1.96 bits per heavy atom. The number of nitrogens with one attached hydrogen (secondary N) is 2. The Morgan fingerprint density at radius 3 is 2.75 bits per heavy atom. The Morgan fingerprint density at radius 1 is 1.18 bits per heavy atom. The first-order chi connectivity index (χ1) is 13.6. The molecule has 1 aliphatic rings. The molecule has 2 aromatic rings. The Kier molecular flexibility index (Phi) is 6.65. The summed E-state index contributed by atoms with van der Waals surface area (Å²) in [5.74, 6) is 1.75. The molecule has 1 aliphatic heterocycles. The van der Waals surface area contributed by atoms with Crippen LogP contribution in [0, 0.1) is 0 Å². The van der Waals surface area contributed by atoms with Crippen LogP contribution in [0.25, 0.3) is 0 Å². The number of anilines is 1. The van der Waals surface area contributed by atoms with Crippen LogP contribution in [-0.2, 0) is 4.79 Å². The van der Waals surface area contributed by atoms with Crippen LogP contribution >= 0.6 is 11.8 Å². The van der Waals surface area contributed by atoms with Gasteiger partial charge in [0.15, 0.2) is 11.5 Å². The maximum Gasteiger partial charge on any atom is 0.255 e. The topological polar surface area (TPSA) is 85.9 Å². The van der Waals surface area contributed by atoms with E-state index in [-0.39, 0.29) is 18.6 Å². The van der Waals surface area contributed by atoms with E-state index in [0.29, 0.717) is 34.9 Å². The van der Waals surface area contributed by atoms with E-state index in [2.05, 4.69) is 10.6 Å². The molecule has 0 aromatic heterocycles. The molecule has 28 heavy (non-hydrogen) atoms.